The molecule has 0 bridgehead atoms. The molecule has 3 unspecified atom stereocenters. The van der Waals surface area contributed by atoms with Crippen LogP contribution in [0.5, 0.6) is 0 Å². The number of hydrogen-bond acceptors (Lipinski definition) is 3. The normalized spacial score (nSPS) is 24.2. The van der Waals surface area contributed by atoms with Gasteiger partial charge in [-0.15, -0.1) is 0 Å². The number of nitrogens with one attached hydrogen (secondary N) is 1. The fourth-order valence-electron chi connectivity index (χ4n) is 4.84. The largest absolute Gasteiger partial charge is 0.416 e. The van der Waals surface area contributed by atoms with Gasteiger partial charge in [0.1, 0.15) is 0 Å². The zero-order chi connectivity index (χ0) is 24.0. The second-order valence-corrected chi connectivity index (χ2v) is 10.4. The van der Waals surface area contributed by atoms with E-state index in [9.17, 15) is 34.8 Å². The molecule has 0 radical (unpaired) electrons. The molecule has 1 saturated carbocycles. The second kappa shape index (κ2) is 8.59. The van der Waals surface area contributed by atoms with Gasteiger partial charge in [-0.3, -0.25) is 4.90 Å². The lowest BCUT2D eigenvalue weighted by Gasteiger charge is -2.22. The molecule has 33 heavy (non-hydrogen) atoms. The van der Waals surface area contributed by atoms with Gasteiger partial charge in [-0.1, -0.05) is 24.3 Å². The van der Waals surface area contributed by atoms with Crippen molar-refractivity contribution in [2.75, 3.05) is 13.1 Å². The predicted molar refractivity (Wildman–Crippen MR) is 108 cm³/mol. The van der Waals surface area contributed by atoms with E-state index >= 15 is 0 Å². The first-order chi connectivity index (χ1) is 15.3. The van der Waals surface area contributed by atoms with Gasteiger partial charge in [-0.2, -0.15) is 26.3 Å². The Balaban J connectivity index is 1.43. The van der Waals surface area contributed by atoms with Crippen LogP contribution >= 0.6 is 0 Å². The van der Waals surface area contributed by atoms with E-state index in [0.29, 0.717) is 37.7 Å². The summed E-state index contributed by atoms with van der Waals surface area (Å²) < 4.78 is 106. The minimum atomic E-state index is -4.65. The molecular formula is C22H22F6N2O2S. The molecular weight excluding hydrogens is 470 g/mol. The molecule has 11 heteroatoms. The van der Waals surface area contributed by atoms with Crippen LogP contribution in [-0.2, 0) is 28.9 Å². The number of halogens is 6. The minimum Gasteiger partial charge on any atom is -0.298 e. The minimum absolute atomic E-state index is 0.0589. The molecule has 1 N–H and O–H groups in total. The molecule has 180 valence electrons. The van der Waals surface area contributed by atoms with Crippen molar-refractivity contribution in [1.29, 1.82) is 0 Å². The van der Waals surface area contributed by atoms with E-state index in [1.54, 1.807) is 6.07 Å². The summed E-state index contributed by atoms with van der Waals surface area (Å²) in [4.78, 5) is 1.55. The van der Waals surface area contributed by atoms with E-state index in [1.807, 2.05) is 4.90 Å². The highest BCUT2D eigenvalue weighted by molar-refractivity contribution is 7.89. The van der Waals surface area contributed by atoms with Gasteiger partial charge in [0, 0.05) is 25.7 Å². The van der Waals surface area contributed by atoms with Crippen LogP contribution in [-0.4, -0.2) is 32.4 Å². The van der Waals surface area contributed by atoms with Crippen LogP contribution in [0, 0.1) is 11.8 Å². The van der Waals surface area contributed by atoms with E-state index < -0.39 is 44.4 Å². The van der Waals surface area contributed by atoms with Crippen LogP contribution in [0.4, 0.5) is 26.3 Å². The first kappa shape index (κ1) is 24.0. The molecule has 2 aromatic carbocycles. The highest BCUT2D eigenvalue weighted by atomic mass is 32.2. The van der Waals surface area contributed by atoms with E-state index in [1.165, 1.54) is 6.07 Å². The summed E-state index contributed by atoms with van der Waals surface area (Å²) in [6, 6.07) is 8.28. The van der Waals surface area contributed by atoms with Crippen LogP contribution in [0.1, 0.15) is 29.5 Å². The smallest absolute Gasteiger partial charge is 0.298 e. The Hall–Kier alpha value is -2.11. The lowest BCUT2D eigenvalue weighted by molar-refractivity contribution is -0.138. The molecule has 1 saturated heterocycles. The third-order valence-electron chi connectivity index (χ3n) is 6.37. The van der Waals surface area contributed by atoms with Crippen molar-refractivity contribution in [1.82, 2.24) is 9.62 Å². The average molecular weight is 492 g/mol. The van der Waals surface area contributed by atoms with Gasteiger partial charge in [0.05, 0.1) is 16.0 Å². The summed E-state index contributed by atoms with van der Waals surface area (Å²) >= 11 is 0. The van der Waals surface area contributed by atoms with Crippen molar-refractivity contribution in [3.63, 3.8) is 0 Å². The molecule has 0 spiro atoms. The van der Waals surface area contributed by atoms with E-state index in [-0.39, 0.29) is 11.8 Å². The van der Waals surface area contributed by atoms with Crippen molar-refractivity contribution >= 4 is 10.0 Å². The standard InChI is InChI=1S/C22H22F6N2O2S/c23-21(24,25)16-4-1-3-14(9-16)11-30-12-15-7-8-20(19(15)13-30)29-33(31,32)18-6-2-5-17(10-18)22(26,27)28/h1-6,9-10,15,19-20,29H,7-8,11-13H2. The van der Waals surface area contributed by atoms with Crippen molar-refractivity contribution in [2.45, 2.75) is 42.7 Å². The Morgan fingerprint density at radius 1 is 0.879 bits per heavy atom. The Morgan fingerprint density at radius 3 is 2.18 bits per heavy atom. The quantitative estimate of drug-likeness (QED) is 0.604. The van der Waals surface area contributed by atoms with Crippen LogP contribution < -0.4 is 4.72 Å². The SMILES string of the molecule is O=S(=O)(NC1CCC2CN(Cc3cccc(C(F)(F)F)c3)CC21)c1cccc(C(F)(F)F)c1. The summed E-state index contributed by atoms with van der Waals surface area (Å²) in [7, 11) is -4.16. The molecule has 2 fully saturated rings. The third-order valence-corrected chi connectivity index (χ3v) is 7.86. The number of fused-ring (bicyclic) bond motifs is 1. The molecule has 4 nitrogen and oxygen atoms in total. The van der Waals surface area contributed by atoms with Gasteiger partial charge in [0.15, 0.2) is 0 Å². The maximum absolute atomic E-state index is 13.0. The third kappa shape index (κ3) is 5.36. The van der Waals surface area contributed by atoms with Gasteiger partial charge in [0.2, 0.25) is 10.0 Å². The molecule has 1 heterocycles. The van der Waals surface area contributed by atoms with Crippen LogP contribution in [0.15, 0.2) is 53.4 Å². The van der Waals surface area contributed by atoms with Crippen LogP contribution in [0.25, 0.3) is 0 Å². The molecule has 3 atom stereocenters. The summed E-state index contributed by atoms with van der Waals surface area (Å²) in [6.45, 7) is 1.43. The first-order valence-corrected chi connectivity index (χ1v) is 11.9. The fourth-order valence-corrected chi connectivity index (χ4v) is 6.21. The van der Waals surface area contributed by atoms with Crippen molar-refractivity contribution < 1.29 is 34.8 Å². The van der Waals surface area contributed by atoms with E-state index in [2.05, 4.69) is 4.72 Å². The molecule has 2 aliphatic rings. The Labute approximate surface area is 187 Å². The summed E-state index contributed by atoms with van der Waals surface area (Å²) in [5.41, 5.74) is -1.24. The predicted octanol–water partition coefficient (Wildman–Crippen LogP) is 4.91. The van der Waals surface area contributed by atoms with Gasteiger partial charge >= 0.3 is 12.4 Å². The Bertz CT molecular complexity index is 1120. The summed E-state index contributed by atoms with van der Waals surface area (Å²) in [5, 5.41) is 0. The monoisotopic (exact) mass is 492 g/mol. The highest BCUT2D eigenvalue weighted by Gasteiger charge is 2.44. The summed E-state index contributed by atoms with van der Waals surface area (Å²) in [5.74, 6) is 0.112. The zero-order valence-corrected chi connectivity index (χ0v) is 18.1. The van der Waals surface area contributed by atoms with Gasteiger partial charge in [0.25, 0.3) is 0 Å². The van der Waals surface area contributed by atoms with Crippen LogP contribution in [0.3, 0.4) is 0 Å². The number of benzene rings is 2. The number of hydrogen-bond donors (Lipinski definition) is 1. The lowest BCUT2D eigenvalue weighted by atomic mass is 9.98. The fraction of sp³-hybridized carbons (Fsp3) is 0.455. The number of rotatable bonds is 5. The molecule has 1 aliphatic carbocycles. The van der Waals surface area contributed by atoms with Crippen molar-refractivity contribution in [2.24, 2.45) is 11.8 Å². The van der Waals surface area contributed by atoms with E-state index in [0.717, 1.165) is 36.8 Å². The maximum atomic E-state index is 13.0. The number of nitrogens with zero attached hydrogens (tertiary/aromatic N) is 1. The Kier molecular flexibility index (Phi) is 6.25. The average Bonchev–Trinajstić information content (AvgIpc) is 3.28. The van der Waals surface area contributed by atoms with Crippen LogP contribution in [0.2, 0.25) is 0 Å². The molecule has 0 amide bonds. The summed E-state index contributed by atoms with van der Waals surface area (Å²) in [6.07, 6.45) is -7.78. The molecule has 1 aliphatic heterocycles. The van der Waals surface area contributed by atoms with Gasteiger partial charge in [-0.25, -0.2) is 13.1 Å². The number of alkyl halides is 6. The van der Waals surface area contributed by atoms with Gasteiger partial charge in [-0.05, 0) is 54.5 Å². The molecule has 2 aromatic rings. The molecule has 0 aromatic heterocycles. The van der Waals surface area contributed by atoms with E-state index in [4.69, 9.17) is 0 Å². The number of likely N-dealkylation sites (tertiary alicyclic amines) is 1. The number of sulfonamides is 1. The zero-order valence-electron chi connectivity index (χ0n) is 17.3. The second-order valence-electron chi connectivity index (χ2n) is 8.65. The Morgan fingerprint density at radius 2 is 1.52 bits per heavy atom. The molecule has 4 rings (SSSR count). The highest BCUT2D eigenvalue weighted by Crippen LogP contribution is 2.40. The van der Waals surface area contributed by atoms with Crippen molar-refractivity contribution in [3.05, 3.63) is 65.2 Å². The lowest BCUT2D eigenvalue weighted by Crippen LogP contribution is -2.39. The first-order valence-electron chi connectivity index (χ1n) is 10.4. The maximum Gasteiger partial charge on any atom is 0.416 e. The van der Waals surface area contributed by atoms with Crippen molar-refractivity contribution in [3.8, 4) is 0 Å². The topological polar surface area (TPSA) is 49.4 Å². The van der Waals surface area contributed by atoms with Gasteiger partial charge < -0.3 is 0 Å².